The van der Waals surface area contributed by atoms with Gasteiger partial charge in [-0.15, -0.1) is 11.3 Å². The van der Waals surface area contributed by atoms with Crippen LogP contribution in [0.15, 0.2) is 30.3 Å². The zero-order valence-corrected chi connectivity index (χ0v) is 22.5. The summed E-state index contributed by atoms with van der Waals surface area (Å²) in [7, 11) is 0. The molecule has 1 aromatic heterocycles. The number of anilines is 2. The molecular formula is C26H28ClF3N4O4S. The number of amides is 3. The molecule has 2 heterocycles. The van der Waals surface area contributed by atoms with Gasteiger partial charge in [0.2, 0.25) is 5.91 Å². The monoisotopic (exact) mass is 584 g/mol. The molecule has 2 aromatic rings. The van der Waals surface area contributed by atoms with Gasteiger partial charge < -0.3 is 20.3 Å². The third-order valence-electron chi connectivity index (χ3n) is 6.98. The predicted octanol–water partition coefficient (Wildman–Crippen LogP) is 4.40. The highest BCUT2D eigenvalue weighted by Crippen LogP contribution is 2.39. The first-order valence-electron chi connectivity index (χ1n) is 12.8. The van der Waals surface area contributed by atoms with Gasteiger partial charge in [-0.05, 0) is 61.9 Å². The molecule has 0 radical (unpaired) electrons. The summed E-state index contributed by atoms with van der Waals surface area (Å²) in [4.78, 5) is 42.0. The Labute approximate surface area is 232 Å². The van der Waals surface area contributed by atoms with Gasteiger partial charge in [-0.1, -0.05) is 11.6 Å². The van der Waals surface area contributed by atoms with Crippen LogP contribution in [-0.2, 0) is 20.5 Å². The molecule has 39 heavy (non-hydrogen) atoms. The molecule has 1 saturated heterocycles. The Hall–Kier alpha value is -2.67. The van der Waals surface area contributed by atoms with Crippen molar-refractivity contribution in [2.75, 3.05) is 43.1 Å². The topological polar surface area (TPSA) is 91.0 Å². The van der Waals surface area contributed by atoms with E-state index in [1.807, 2.05) is 0 Å². The molecule has 2 N–H and O–H groups in total. The van der Waals surface area contributed by atoms with Gasteiger partial charge in [-0.2, -0.15) is 13.2 Å². The van der Waals surface area contributed by atoms with E-state index < -0.39 is 29.6 Å². The van der Waals surface area contributed by atoms with E-state index in [1.54, 1.807) is 12.1 Å². The van der Waals surface area contributed by atoms with Gasteiger partial charge in [-0.3, -0.25) is 19.3 Å². The van der Waals surface area contributed by atoms with Gasteiger partial charge in [0, 0.05) is 31.4 Å². The number of rotatable bonds is 10. The quantitative estimate of drug-likeness (QED) is 0.432. The van der Waals surface area contributed by atoms with Crippen molar-refractivity contribution in [2.45, 2.75) is 43.9 Å². The molecule has 5 rings (SSSR count). The van der Waals surface area contributed by atoms with Crippen molar-refractivity contribution in [3.05, 3.63) is 45.1 Å². The van der Waals surface area contributed by atoms with Crippen LogP contribution in [0.1, 0.15) is 40.9 Å². The van der Waals surface area contributed by atoms with E-state index in [0.717, 1.165) is 48.0 Å². The van der Waals surface area contributed by atoms with E-state index >= 15 is 0 Å². The third kappa shape index (κ3) is 6.92. The number of thiophene rings is 1. The smallest absolute Gasteiger partial charge is 0.370 e. The largest absolute Gasteiger partial charge is 0.418 e. The maximum absolute atomic E-state index is 14.0. The van der Waals surface area contributed by atoms with Crippen LogP contribution in [-0.4, -0.2) is 67.6 Å². The average molecular weight is 585 g/mol. The first kappa shape index (κ1) is 27.9. The lowest BCUT2D eigenvalue weighted by Crippen LogP contribution is -2.52. The molecule has 0 spiro atoms. The number of carbonyl (C=O) groups excluding carboxylic acids is 3. The molecule has 210 valence electrons. The first-order valence-corrected chi connectivity index (χ1v) is 14.0. The summed E-state index contributed by atoms with van der Waals surface area (Å²) < 4.78 is 47.6. The number of ether oxygens (including phenoxy) is 1. The van der Waals surface area contributed by atoms with Crippen LogP contribution in [0, 0.1) is 5.92 Å². The number of benzene rings is 1. The Morgan fingerprint density at radius 1 is 1.18 bits per heavy atom. The van der Waals surface area contributed by atoms with Crippen molar-refractivity contribution in [1.82, 2.24) is 10.2 Å². The molecule has 0 unspecified atom stereocenters. The molecule has 8 nitrogen and oxygen atoms in total. The Kier molecular flexibility index (Phi) is 8.18. The van der Waals surface area contributed by atoms with Gasteiger partial charge in [-0.25, -0.2) is 0 Å². The molecule has 2 saturated carbocycles. The number of nitrogens with one attached hydrogen (secondary N) is 2. The van der Waals surface area contributed by atoms with Crippen LogP contribution in [0.3, 0.4) is 0 Å². The number of hydrogen-bond donors (Lipinski definition) is 2. The van der Waals surface area contributed by atoms with E-state index in [0.29, 0.717) is 21.7 Å². The number of nitrogens with zero attached hydrogens (tertiary/aromatic N) is 2. The highest BCUT2D eigenvalue weighted by Gasteiger charge is 2.41. The molecule has 3 amide bonds. The zero-order valence-electron chi connectivity index (χ0n) is 20.9. The highest BCUT2D eigenvalue weighted by molar-refractivity contribution is 7.18. The fourth-order valence-corrected chi connectivity index (χ4v) is 5.64. The number of hydrogen-bond acceptors (Lipinski definition) is 6. The second-order valence-electron chi connectivity index (χ2n) is 10.0. The Morgan fingerprint density at radius 3 is 2.56 bits per heavy atom. The minimum Gasteiger partial charge on any atom is -0.370 e. The number of carbonyl (C=O) groups is 3. The molecule has 0 bridgehead atoms. The van der Waals surface area contributed by atoms with Crippen LogP contribution in [0.2, 0.25) is 4.34 Å². The summed E-state index contributed by atoms with van der Waals surface area (Å²) in [6.07, 6.45) is -0.782. The van der Waals surface area contributed by atoms with Crippen LogP contribution in [0.5, 0.6) is 0 Å². The van der Waals surface area contributed by atoms with Crippen LogP contribution in [0.25, 0.3) is 0 Å². The first-order chi connectivity index (χ1) is 18.6. The zero-order chi connectivity index (χ0) is 27.7. The van der Waals surface area contributed by atoms with E-state index in [1.165, 1.54) is 12.1 Å². The number of alkyl halides is 3. The summed E-state index contributed by atoms with van der Waals surface area (Å²) in [5.74, 6) is -0.970. The Balaban J connectivity index is 1.37. The van der Waals surface area contributed by atoms with Crippen LogP contribution < -0.4 is 15.5 Å². The Morgan fingerprint density at radius 2 is 1.95 bits per heavy atom. The molecule has 1 aromatic carbocycles. The van der Waals surface area contributed by atoms with Crippen LogP contribution in [0.4, 0.5) is 24.5 Å². The van der Waals surface area contributed by atoms with Gasteiger partial charge in [0.05, 0.1) is 27.1 Å². The molecule has 2 aliphatic carbocycles. The minimum absolute atomic E-state index is 0.00234. The fourth-order valence-electron chi connectivity index (χ4n) is 4.68. The van der Waals surface area contributed by atoms with Crippen molar-refractivity contribution in [1.29, 1.82) is 0 Å². The lowest BCUT2D eigenvalue weighted by atomic mass is 10.1. The second-order valence-corrected chi connectivity index (χ2v) is 11.7. The van der Waals surface area contributed by atoms with Crippen molar-refractivity contribution in [3.8, 4) is 0 Å². The fraction of sp³-hybridized carbons (Fsp3) is 0.500. The second kappa shape index (κ2) is 11.4. The number of halogens is 4. The summed E-state index contributed by atoms with van der Waals surface area (Å²) in [5, 5.41) is 5.44. The lowest BCUT2D eigenvalue weighted by Gasteiger charge is -2.32. The average Bonchev–Trinajstić information content (AvgIpc) is 3.82. The van der Waals surface area contributed by atoms with Gasteiger partial charge in [0.25, 0.3) is 11.8 Å². The predicted molar refractivity (Wildman–Crippen MR) is 141 cm³/mol. The molecule has 1 atom stereocenters. The molecular weight excluding hydrogens is 557 g/mol. The van der Waals surface area contributed by atoms with Crippen molar-refractivity contribution in [3.63, 3.8) is 0 Å². The standard InChI is InChI=1S/C26H28ClF3N4O4S/c27-22-8-7-21(39-22)25(37)31-12-20(34(17-4-5-17)13-15-1-2-15)24(36)32-16-3-6-19(18(11-16)26(28,29)30)33-9-10-38-14-23(33)35/h3,6-8,11,15,17,20H,1-2,4-5,9-10,12-14H2,(H,31,37)(H,32,36)/t20-/m1/s1. The summed E-state index contributed by atoms with van der Waals surface area (Å²) in [5.41, 5.74) is -1.34. The van der Waals surface area contributed by atoms with Crippen molar-refractivity contribution < 1.29 is 32.3 Å². The molecule has 1 aliphatic heterocycles. The lowest BCUT2D eigenvalue weighted by molar-refractivity contribution is -0.137. The summed E-state index contributed by atoms with van der Waals surface area (Å²) in [6, 6.07) is 6.03. The van der Waals surface area contributed by atoms with Gasteiger partial charge >= 0.3 is 6.18 Å². The highest BCUT2D eigenvalue weighted by atomic mass is 35.5. The number of morpholine rings is 1. The Bertz CT molecular complexity index is 1250. The van der Waals surface area contributed by atoms with Crippen molar-refractivity contribution >= 4 is 52.0 Å². The van der Waals surface area contributed by atoms with E-state index in [4.69, 9.17) is 16.3 Å². The molecule has 13 heteroatoms. The molecule has 3 fully saturated rings. The maximum atomic E-state index is 14.0. The van der Waals surface area contributed by atoms with Gasteiger partial charge in [0.15, 0.2) is 0 Å². The maximum Gasteiger partial charge on any atom is 0.418 e. The normalized spacial score (nSPS) is 18.8. The summed E-state index contributed by atoms with van der Waals surface area (Å²) in [6.45, 7) is 0.525. The van der Waals surface area contributed by atoms with Gasteiger partial charge in [0.1, 0.15) is 12.6 Å². The van der Waals surface area contributed by atoms with E-state index in [2.05, 4.69) is 15.5 Å². The van der Waals surface area contributed by atoms with Crippen molar-refractivity contribution in [2.24, 2.45) is 5.92 Å². The summed E-state index contributed by atoms with van der Waals surface area (Å²) >= 11 is 7.06. The van der Waals surface area contributed by atoms with Crippen LogP contribution >= 0.6 is 22.9 Å². The molecule has 3 aliphatic rings. The third-order valence-corrected chi connectivity index (χ3v) is 8.21. The minimum atomic E-state index is -4.75. The van der Waals surface area contributed by atoms with E-state index in [-0.39, 0.29) is 49.6 Å². The van der Waals surface area contributed by atoms with E-state index in [9.17, 15) is 27.6 Å². The SMILES string of the molecule is O=C(NC[C@H](C(=O)Nc1ccc(N2CCOCC2=O)c(C(F)(F)F)c1)N(CC1CC1)C1CC1)c1ccc(Cl)s1.